The molecular weight excluding hydrogens is 384 g/mol. The first-order valence-electron chi connectivity index (χ1n) is 6.07. The summed E-state index contributed by atoms with van der Waals surface area (Å²) >= 11 is 6.60. The van der Waals surface area contributed by atoms with Crippen molar-refractivity contribution in [3.8, 4) is 0 Å². The highest BCUT2D eigenvalue weighted by Gasteiger charge is 2.29. The normalized spacial score (nSPS) is 13.5. The fourth-order valence-electron chi connectivity index (χ4n) is 1.80. The highest BCUT2D eigenvalue weighted by molar-refractivity contribution is 9.10. The maximum atomic E-state index is 12.2. The number of alkyl halides is 2. The molecule has 2 nitrogen and oxygen atoms in total. The van der Waals surface area contributed by atoms with Gasteiger partial charge in [-0.1, -0.05) is 92.5 Å². The summed E-state index contributed by atoms with van der Waals surface area (Å²) in [4.78, 5) is 23.2. The first-order valence-corrected chi connectivity index (χ1v) is 7.90. The number of Topliss-reactive ketones (excluding diaryl/α,β-unsaturated/α-hetero) is 2. The molecule has 0 spiro atoms. The fourth-order valence-corrected chi connectivity index (χ4v) is 2.86. The molecule has 0 aromatic heterocycles. The molecule has 0 radical (unpaired) electrons. The fraction of sp³-hybridized carbons (Fsp3) is 0.125. The van der Waals surface area contributed by atoms with Gasteiger partial charge in [-0.25, -0.2) is 0 Å². The second-order valence-electron chi connectivity index (χ2n) is 4.27. The molecule has 0 heterocycles. The first kappa shape index (κ1) is 15.1. The van der Waals surface area contributed by atoms with E-state index in [1.807, 2.05) is 60.7 Å². The Kier molecular flexibility index (Phi) is 5.26. The zero-order chi connectivity index (χ0) is 14.5. The number of ketones is 2. The number of rotatable bonds is 5. The third-order valence-corrected chi connectivity index (χ3v) is 4.78. The van der Waals surface area contributed by atoms with Crippen LogP contribution >= 0.6 is 31.9 Å². The Morgan fingerprint density at radius 2 is 0.950 bits per heavy atom. The van der Waals surface area contributed by atoms with E-state index >= 15 is 0 Å². The van der Waals surface area contributed by atoms with Crippen molar-refractivity contribution in [2.24, 2.45) is 0 Å². The van der Waals surface area contributed by atoms with Crippen LogP contribution in [0.4, 0.5) is 0 Å². The van der Waals surface area contributed by atoms with Crippen LogP contribution in [-0.2, 0) is 9.59 Å². The van der Waals surface area contributed by atoms with Gasteiger partial charge >= 0.3 is 0 Å². The lowest BCUT2D eigenvalue weighted by atomic mass is 10.0. The number of benzene rings is 2. The third kappa shape index (κ3) is 3.44. The van der Waals surface area contributed by atoms with E-state index in [2.05, 4.69) is 31.9 Å². The van der Waals surface area contributed by atoms with Gasteiger partial charge in [0.25, 0.3) is 0 Å². The second-order valence-corrected chi connectivity index (χ2v) is 6.11. The standard InChI is InChI=1S/C16H12Br2O2/c17-13(11-7-3-1-4-8-11)15(19)16(20)14(18)12-9-5-2-6-10-12/h1-10,13-14H/t13-,14-/m0/s1. The van der Waals surface area contributed by atoms with Gasteiger partial charge in [-0.15, -0.1) is 0 Å². The van der Waals surface area contributed by atoms with E-state index in [9.17, 15) is 9.59 Å². The molecule has 0 fully saturated rings. The predicted molar refractivity (Wildman–Crippen MR) is 86.2 cm³/mol. The molecule has 0 bridgehead atoms. The summed E-state index contributed by atoms with van der Waals surface area (Å²) in [5, 5.41) is 0. The highest BCUT2D eigenvalue weighted by atomic mass is 79.9. The third-order valence-electron chi connectivity index (χ3n) is 2.89. The summed E-state index contributed by atoms with van der Waals surface area (Å²) in [6.07, 6.45) is 0. The smallest absolute Gasteiger partial charge is 0.217 e. The van der Waals surface area contributed by atoms with Crippen molar-refractivity contribution < 1.29 is 9.59 Å². The van der Waals surface area contributed by atoms with Gasteiger partial charge < -0.3 is 0 Å². The number of halogens is 2. The lowest BCUT2D eigenvalue weighted by Crippen LogP contribution is -2.22. The van der Waals surface area contributed by atoms with Crippen LogP contribution in [0.3, 0.4) is 0 Å². The summed E-state index contributed by atoms with van der Waals surface area (Å²) < 4.78 is 0. The second kappa shape index (κ2) is 6.95. The maximum Gasteiger partial charge on any atom is 0.217 e. The molecule has 0 saturated heterocycles. The largest absolute Gasteiger partial charge is 0.289 e. The van der Waals surface area contributed by atoms with E-state index in [0.717, 1.165) is 11.1 Å². The van der Waals surface area contributed by atoms with Crippen LogP contribution in [0.15, 0.2) is 60.7 Å². The minimum Gasteiger partial charge on any atom is -0.289 e. The van der Waals surface area contributed by atoms with E-state index < -0.39 is 21.2 Å². The molecule has 2 rings (SSSR count). The van der Waals surface area contributed by atoms with Crippen LogP contribution in [0, 0.1) is 0 Å². The van der Waals surface area contributed by atoms with E-state index in [0.29, 0.717) is 0 Å². The predicted octanol–water partition coefficient (Wildman–Crippen LogP) is 4.40. The summed E-state index contributed by atoms with van der Waals surface area (Å²) in [5.74, 6) is -0.913. The van der Waals surface area contributed by atoms with Gasteiger partial charge in [0.15, 0.2) is 0 Å². The summed E-state index contributed by atoms with van der Waals surface area (Å²) in [6, 6.07) is 18.3. The van der Waals surface area contributed by atoms with Gasteiger partial charge in [-0.3, -0.25) is 9.59 Å². The molecule has 102 valence electrons. The Balaban J connectivity index is 2.15. The average molecular weight is 396 g/mol. The van der Waals surface area contributed by atoms with Crippen LogP contribution in [0.2, 0.25) is 0 Å². The van der Waals surface area contributed by atoms with Crippen molar-refractivity contribution in [1.29, 1.82) is 0 Å². The number of hydrogen-bond donors (Lipinski definition) is 0. The highest BCUT2D eigenvalue weighted by Crippen LogP contribution is 2.30. The molecule has 0 aliphatic rings. The molecule has 2 aromatic carbocycles. The zero-order valence-electron chi connectivity index (χ0n) is 10.5. The van der Waals surface area contributed by atoms with Gasteiger partial charge in [0.1, 0.15) is 9.65 Å². The van der Waals surface area contributed by atoms with E-state index in [4.69, 9.17) is 0 Å². The van der Waals surface area contributed by atoms with Crippen molar-refractivity contribution in [2.45, 2.75) is 9.65 Å². The Hall–Kier alpha value is -1.26. The van der Waals surface area contributed by atoms with Crippen molar-refractivity contribution in [1.82, 2.24) is 0 Å². The monoisotopic (exact) mass is 394 g/mol. The van der Waals surface area contributed by atoms with Crippen LogP contribution in [-0.4, -0.2) is 11.6 Å². The van der Waals surface area contributed by atoms with Gasteiger partial charge in [-0.2, -0.15) is 0 Å². The lowest BCUT2D eigenvalue weighted by Gasteiger charge is -2.12. The van der Waals surface area contributed by atoms with Crippen LogP contribution < -0.4 is 0 Å². The van der Waals surface area contributed by atoms with E-state index in [1.54, 1.807) is 0 Å². The Morgan fingerprint density at radius 1 is 0.650 bits per heavy atom. The molecule has 20 heavy (non-hydrogen) atoms. The summed E-state index contributed by atoms with van der Waals surface area (Å²) in [6.45, 7) is 0. The lowest BCUT2D eigenvalue weighted by molar-refractivity contribution is -0.135. The molecule has 0 N–H and O–H groups in total. The maximum absolute atomic E-state index is 12.2. The zero-order valence-corrected chi connectivity index (χ0v) is 13.7. The number of hydrogen-bond acceptors (Lipinski definition) is 2. The van der Waals surface area contributed by atoms with Crippen LogP contribution in [0.25, 0.3) is 0 Å². The number of carbonyl (C=O) groups is 2. The average Bonchev–Trinajstić information content (AvgIpc) is 2.53. The molecule has 0 aliphatic carbocycles. The molecule has 0 saturated carbocycles. The minimum atomic E-state index is -0.611. The van der Waals surface area contributed by atoms with Gasteiger partial charge in [0.05, 0.1) is 0 Å². The molecule has 0 amide bonds. The van der Waals surface area contributed by atoms with Crippen molar-refractivity contribution in [3.05, 3.63) is 71.8 Å². The van der Waals surface area contributed by atoms with Gasteiger partial charge in [0.2, 0.25) is 11.6 Å². The van der Waals surface area contributed by atoms with Crippen LogP contribution in [0.1, 0.15) is 20.8 Å². The molecule has 0 unspecified atom stereocenters. The van der Waals surface area contributed by atoms with Gasteiger partial charge in [0, 0.05) is 0 Å². The summed E-state index contributed by atoms with van der Waals surface area (Å²) in [7, 11) is 0. The Bertz CT molecular complexity index is 541. The van der Waals surface area contributed by atoms with Crippen LogP contribution in [0.5, 0.6) is 0 Å². The molecule has 4 heteroatoms. The molecule has 2 atom stereocenters. The minimum absolute atomic E-state index is 0.457. The SMILES string of the molecule is O=C(C(=O)[C@@H](Br)c1ccccc1)[C@@H](Br)c1ccccc1. The topological polar surface area (TPSA) is 34.1 Å². The summed E-state index contributed by atoms with van der Waals surface area (Å²) in [5.41, 5.74) is 1.55. The molecular formula is C16H12Br2O2. The van der Waals surface area contributed by atoms with E-state index in [-0.39, 0.29) is 0 Å². The first-order chi connectivity index (χ1) is 9.61. The van der Waals surface area contributed by atoms with Crippen molar-refractivity contribution in [3.63, 3.8) is 0 Å². The van der Waals surface area contributed by atoms with Crippen molar-refractivity contribution in [2.75, 3.05) is 0 Å². The van der Waals surface area contributed by atoms with Gasteiger partial charge in [-0.05, 0) is 11.1 Å². The molecule has 0 aliphatic heterocycles. The number of carbonyl (C=O) groups excluding carboxylic acids is 2. The Morgan fingerprint density at radius 3 is 1.25 bits per heavy atom. The Labute approximate surface area is 134 Å². The quantitative estimate of drug-likeness (QED) is 0.555. The molecule has 2 aromatic rings. The van der Waals surface area contributed by atoms with Crippen molar-refractivity contribution >= 4 is 43.4 Å². The van der Waals surface area contributed by atoms with E-state index in [1.165, 1.54) is 0 Å².